The molecule has 3 nitrogen and oxygen atoms in total. The Morgan fingerprint density at radius 1 is 1.15 bits per heavy atom. The van der Waals surface area contributed by atoms with Crippen LogP contribution in [0.3, 0.4) is 0 Å². The predicted molar refractivity (Wildman–Crippen MR) is 82.7 cm³/mol. The number of aromatic nitrogens is 1. The molecule has 0 amide bonds. The zero-order valence-electron chi connectivity index (χ0n) is 12.1. The van der Waals surface area contributed by atoms with Gasteiger partial charge in [0.05, 0.1) is 0 Å². The van der Waals surface area contributed by atoms with Gasteiger partial charge >= 0.3 is 0 Å². The van der Waals surface area contributed by atoms with Crippen LogP contribution < -0.4 is 10.2 Å². The second-order valence-corrected chi connectivity index (χ2v) is 5.32. The van der Waals surface area contributed by atoms with Gasteiger partial charge in [0, 0.05) is 30.9 Å². The fraction of sp³-hybridized carbons (Fsp3) is 0.353. The molecule has 0 spiro atoms. The molecule has 3 heteroatoms. The molecule has 2 heterocycles. The van der Waals surface area contributed by atoms with Gasteiger partial charge in [-0.2, -0.15) is 0 Å². The fourth-order valence-corrected chi connectivity index (χ4v) is 2.91. The molecule has 1 aliphatic heterocycles. The molecule has 0 saturated heterocycles. The lowest BCUT2D eigenvalue weighted by Gasteiger charge is -2.23. The average molecular weight is 267 g/mol. The maximum Gasteiger partial charge on any atom is 0.133 e. The van der Waals surface area contributed by atoms with Crippen molar-refractivity contribution < 1.29 is 0 Å². The minimum absolute atomic E-state index is 0.326. The summed E-state index contributed by atoms with van der Waals surface area (Å²) in [5.41, 5.74) is 4.11. The van der Waals surface area contributed by atoms with Crippen LogP contribution in [0.25, 0.3) is 0 Å². The molecule has 0 bridgehead atoms. The molecule has 104 valence electrons. The van der Waals surface area contributed by atoms with Crippen LogP contribution >= 0.6 is 0 Å². The van der Waals surface area contributed by atoms with Crippen molar-refractivity contribution in [2.75, 3.05) is 11.4 Å². The van der Waals surface area contributed by atoms with Crippen molar-refractivity contribution in [3.8, 4) is 0 Å². The van der Waals surface area contributed by atoms with E-state index >= 15 is 0 Å². The molecular weight excluding hydrogens is 246 g/mol. The molecule has 1 N–H and O–H groups in total. The van der Waals surface area contributed by atoms with Crippen LogP contribution in [0, 0.1) is 0 Å². The zero-order chi connectivity index (χ0) is 13.9. The van der Waals surface area contributed by atoms with Gasteiger partial charge in [0.2, 0.25) is 0 Å². The number of hydrogen-bond acceptors (Lipinski definition) is 3. The summed E-state index contributed by atoms with van der Waals surface area (Å²) in [5.74, 6) is 1.11. The van der Waals surface area contributed by atoms with Crippen molar-refractivity contribution in [1.29, 1.82) is 0 Å². The lowest BCUT2D eigenvalue weighted by atomic mass is 10.1. The van der Waals surface area contributed by atoms with Crippen molar-refractivity contribution in [3.05, 3.63) is 59.3 Å². The fourth-order valence-electron chi connectivity index (χ4n) is 2.91. The van der Waals surface area contributed by atoms with E-state index in [4.69, 9.17) is 0 Å². The third-order valence-corrected chi connectivity index (χ3v) is 3.93. The summed E-state index contributed by atoms with van der Waals surface area (Å²) in [6.07, 6.45) is 1.89. The van der Waals surface area contributed by atoms with E-state index in [1.807, 2.05) is 12.3 Å². The molecule has 1 aliphatic rings. The first-order valence-electron chi connectivity index (χ1n) is 7.29. The lowest BCUT2D eigenvalue weighted by molar-refractivity contribution is 0.593. The quantitative estimate of drug-likeness (QED) is 0.921. The van der Waals surface area contributed by atoms with Crippen molar-refractivity contribution in [3.63, 3.8) is 0 Å². The Kier molecular flexibility index (Phi) is 3.70. The van der Waals surface area contributed by atoms with Crippen LogP contribution in [0.5, 0.6) is 0 Å². The molecule has 1 aromatic carbocycles. The summed E-state index contributed by atoms with van der Waals surface area (Å²) >= 11 is 0. The number of pyridine rings is 1. The summed E-state index contributed by atoms with van der Waals surface area (Å²) in [6.45, 7) is 7.22. The van der Waals surface area contributed by atoms with Gasteiger partial charge in [-0.25, -0.2) is 4.98 Å². The van der Waals surface area contributed by atoms with Crippen molar-refractivity contribution in [2.24, 2.45) is 0 Å². The van der Waals surface area contributed by atoms with E-state index in [9.17, 15) is 0 Å². The van der Waals surface area contributed by atoms with Crippen molar-refractivity contribution in [1.82, 2.24) is 10.3 Å². The number of hydrogen-bond donors (Lipinski definition) is 1. The van der Waals surface area contributed by atoms with Crippen LogP contribution in [0.2, 0.25) is 0 Å². The van der Waals surface area contributed by atoms with Crippen molar-refractivity contribution >= 4 is 5.82 Å². The molecule has 1 aromatic heterocycles. The minimum Gasteiger partial charge on any atom is -0.348 e. The van der Waals surface area contributed by atoms with E-state index < -0.39 is 0 Å². The Hall–Kier alpha value is -1.87. The van der Waals surface area contributed by atoms with Gasteiger partial charge < -0.3 is 10.2 Å². The van der Waals surface area contributed by atoms with Gasteiger partial charge in [-0.15, -0.1) is 0 Å². The second kappa shape index (κ2) is 5.63. The molecule has 1 atom stereocenters. The topological polar surface area (TPSA) is 28.2 Å². The number of benzene rings is 1. The Labute approximate surface area is 120 Å². The maximum atomic E-state index is 4.63. The zero-order valence-corrected chi connectivity index (χ0v) is 12.1. The first-order chi connectivity index (χ1) is 9.79. The Balaban J connectivity index is 1.89. The van der Waals surface area contributed by atoms with E-state index in [1.165, 1.54) is 16.7 Å². The summed E-state index contributed by atoms with van der Waals surface area (Å²) < 4.78 is 0. The second-order valence-electron chi connectivity index (χ2n) is 5.32. The van der Waals surface area contributed by atoms with Crippen LogP contribution in [-0.2, 0) is 13.1 Å². The normalized spacial score (nSPS) is 15.2. The standard InChI is InChI=1S/C17H21N3/c1-3-18-13(2)16-9-6-10-19-17(16)20-11-14-7-4-5-8-15(14)12-20/h4-10,13,18H,3,11-12H2,1-2H3. The number of anilines is 1. The predicted octanol–water partition coefficient (Wildman–Crippen LogP) is 3.27. The van der Waals surface area contributed by atoms with Crippen LogP contribution in [-0.4, -0.2) is 11.5 Å². The third kappa shape index (κ3) is 2.41. The number of rotatable bonds is 4. The smallest absolute Gasteiger partial charge is 0.133 e. The SMILES string of the molecule is CCNC(C)c1cccnc1N1Cc2ccccc2C1. The Bertz CT molecular complexity index is 569. The van der Waals surface area contributed by atoms with E-state index in [-0.39, 0.29) is 0 Å². The molecule has 0 saturated carbocycles. The summed E-state index contributed by atoms with van der Waals surface area (Å²) in [7, 11) is 0. The Morgan fingerprint density at radius 2 is 1.85 bits per heavy atom. The summed E-state index contributed by atoms with van der Waals surface area (Å²) in [5, 5.41) is 3.48. The van der Waals surface area contributed by atoms with E-state index in [0.29, 0.717) is 6.04 Å². The molecule has 2 aromatic rings. The molecule has 20 heavy (non-hydrogen) atoms. The van der Waals surface area contributed by atoms with Gasteiger partial charge in [-0.1, -0.05) is 37.3 Å². The third-order valence-electron chi connectivity index (χ3n) is 3.93. The van der Waals surface area contributed by atoms with Gasteiger partial charge in [0.25, 0.3) is 0 Å². The molecule has 0 radical (unpaired) electrons. The summed E-state index contributed by atoms with van der Waals surface area (Å²) in [4.78, 5) is 7.00. The van der Waals surface area contributed by atoms with Crippen LogP contribution in [0.1, 0.15) is 36.6 Å². The lowest BCUT2D eigenvalue weighted by Crippen LogP contribution is -2.23. The van der Waals surface area contributed by atoms with E-state index in [2.05, 4.69) is 59.4 Å². The molecular formula is C17H21N3. The first-order valence-corrected chi connectivity index (χ1v) is 7.29. The van der Waals surface area contributed by atoms with Crippen LogP contribution in [0.15, 0.2) is 42.6 Å². The number of nitrogens with zero attached hydrogens (tertiary/aromatic N) is 2. The maximum absolute atomic E-state index is 4.63. The molecule has 0 fully saturated rings. The minimum atomic E-state index is 0.326. The molecule has 3 rings (SSSR count). The van der Waals surface area contributed by atoms with Gasteiger partial charge in [-0.3, -0.25) is 0 Å². The van der Waals surface area contributed by atoms with Gasteiger partial charge in [0.1, 0.15) is 5.82 Å². The highest BCUT2D eigenvalue weighted by Gasteiger charge is 2.22. The Morgan fingerprint density at radius 3 is 2.50 bits per heavy atom. The van der Waals surface area contributed by atoms with Crippen LogP contribution in [0.4, 0.5) is 5.82 Å². The number of nitrogens with one attached hydrogen (secondary N) is 1. The molecule has 1 unspecified atom stereocenters. The average Bonchev–Trinajstić information content (AvgIpc) is 2.91. The summed E-state index contributed by atoms with van der Waals surface area (Å²) in [6, 6.07) is 13.2. The van der Waals surface area contributed by atoms with Crippen molar-refractivity contribution in [2.45, 2.75) is 33.0 Å². The van der Waals surface area contributed by atoms with E-state index in [0.717, 1.165) is 25.5 Å². The highest BCUT2D eigenvalue weighted by molar-refractivity contribution is 5.52. The first kappa shape index (κ1) is 13.1. The molecule has 0 aliphatic carbocycles. The van der Waals surface area contributed by atoms with E-state index in [1.54, 1.807) is 0 Å². The van der Waals surface area contributed by atoms with Gasteiger partial charge in [0.15, 0.2) is 0 Å². The highest BCUT2D eigenvalue weighted by atomic mass is 15.2. The monoisotopic (exact) mass is 267 g/mol. The van der Waals surface area contributed by atoms with Gasteiger partial charge in [-0.05, 0) is 30.7 Å². The number of fused-ring (bicyclic) bond motifs is 1. The highest BCUT2D eigenvalue weighted by Crippen LogP contribution is 2.31. The largest absolute Gasteiger partial charge is 0.348 e.